The topological polar surface area (TPSA) is 236 Å². The molecule has 202 valence electrons. The minimum absolute atomic E-state index is 0.264. The van der Waals surface area contributed by atoms with E-state index in [9.17, 15) is 50.8 Å². The largest absolute Gasteiger partial charge is 0.508 e. The fourth-order valence-corrected chi connectivity index (χ4v) is 3.95. The first-order valence-electron chi connectivity index (χ1n) is 11.1. The lowest BCUT2D eigenvalue weighted by Crippen LogP contribution is -2.54. The molecule has 0 saturated carbocycles. The van der Waals surface area contributed by atoms with E-state index in [1.165, 1.54) is 0 Å². The number of hydrogen-bond donors (Lipinski definition) is 9. The highest BCUT2D eigenvalue weighted by Gasteiger charge is 2.45. The predicted octanol–water partition coefficient (Wildman–Crippen LogP) is -2.33. The lowest BCUT2D eigenvalue weighted by molar-refractivity contribution is -0.242. The summed E-state index contributed by atoms with van der Waals surface area (Å²) < 4.78 is 21.6. The molecule has 14 heteroatoms. The van der Waals surface area contributed by atoms with E-state index in [2.05, 4.69) is 0 Å². The Bertz CT molecular complexity index is 1090. The van der Waals surface area contributed by atoms with Crippen molar-refractivity contribution in [2.75, 3.05) is 13.2 Å². The summed E-state index contributed by atoms with van der Waals surface area (Å²) >= 11 is 0. The molecule has 2 fully saturated rings. The van der Waals surface area contributed by atoms with Crippen molar-refractivity contribution < 1.29 is 69.7 Å². The van der Waals surface area contributed by atoms with Crippen molar-refractivity contribution in [2.24, 2.45) is 0 Å². The van der Waals surface area contributed by atoms with Crippen molar-refractivity contribution in [3.63, 3.8) is 0 Å². The fraction of sp³-hybridized carbons (Fsp3) is 0.435. The standard InChI is InChI=1S/C23H26O14/c24-6-15-19(31)21(33)23(37-15)36-14-5-11(27)4-13(35-22-20(32)18(30)12(28)7-34-22)16(14)17(29)8-1-9(25)3-10(26)2-8/h1-5,12,15,18-28,30-33H,6-7H2/t12-,15+,18+,19+,20-,21-,22+,23+/m1/s1. The summed E-state index contributed by atoms with van der Waals surface area (Å²) in [4.78, 5) is 13.5. The van der Waals surface area contributed by atoms with Crippen molar-refractivity contribution in [1.29, 1.82) is 0 Å². The summed E-state index contributed by atoms with van der Waals surface area (Å²) in [7, 11) is 0. The van der Waals surface area contributed by atoms with E-state index in [4.69, 9.17) is 18.9 Å². The molecule has 0 aliphatic carbocycles. The van der Waals surface area contributed by atoms with Crippen molar-refractivity contribution in [2.45, 2.75) is 49.2 Å². The molecule has 0 bridgehead atoms. The lowest BCUT2D eigenvalue weighted by atomic mass is 10.00. The van der Waals surface area contributed by atoms with Crippen molar-refractivity contribution in [1.82, 2.24) is 0 Å². The highest BCUT2D eigenvalue weighted by atomic mass is 16.7. The third-order valence-corrected chi connectivity index (χ3v) is 5.88. The van der Waals surface area contributed by atoms with Gasteiger partial charge in [-0.2, -0.15) is 0 Å². The van der Waals surface area contributed by atoms with Gasteiger partial charge in [-0.25, -0.2) is 0 Å². The van der Waals surface area contributed by atoms with Crippen LogP contribution in [0.1, 0.15) is 15.9 Å². The number of ketones is 1. The molecule has 8 atom stereocenters. The number of carbonyl (C=O) groups excluding carboxylic acids is 1. The Morgan fingerprint density at radius 1 is 0.784 bits per heavy atom. The number of aromatic hydroxyl groups is 3. The first kappa shape index (κ1) is 26.8. The molecule has 0 aromatic heterocycles. The Morgan fingerprint density at radius 2 is 1.32 bits per heavy atom. The van der Waals surface area contributed by atoms with Crippen LogP contribution in [0, 0.1) is 0 Å². The first-order valence-corrected chi connectivity index (χ1v) is 11.1. The molecular formula is C23H26O14. The van der Waals surface area contributed by atoms with Gasteiger partial charge in [-0.15, -0.1) is 0 Å². The minimum Gasteiger partial charge on any atom is -0.508 e. The second kappa shape index (κ2) is 10.6. The normalized spacial score (nSPS) is 31.7. The second-order valence-corrected chi connectivity index (χ2v) is 8.58. The number of hydrogen-bond acceptors (Lipinski definition) is 14. The van der Waals surface area contributed by atoms with Crippen LogP contribution in [0.15, 0.2) is 30.3 Å². The molecule has 0 amide bonds. The summed E-state index contributed by atoms with van der Waals surface area (Å²) in [6.45, 7) is -1.09. The number of aliphatic hydroxyl groups excluding tert-OH is 6. The SMILES string of the molecule is O=C(c1cc(O)cc(O)c1)c1c(O[C@@H]2OC[C@@H](O)[C@H](O)[C@H]2O)cc(O)cc1O[C@H]1O[C@@H](CO)[C@H](O)[C@H]1O. The van der Waals surface area contributed by atoms with Gasteiger partial charge in [0.2, 0.25) is 18.4 Å². The summed E-state index contributed by atoms with van der Waals surface area (Å²) in [6, 6.07) is 4.91. The van der Waals surface area contributed by atoms with Crippen LogP contribution in [0.25, 0.3) is 0 Å². The first-order chi connectivity index (χ1) is 17.5. The van der Waals surface area contributed by atoms with Gasteiger partial charge in [0.25, 0.3) is 0 Å². The Kier molecular flexibility index (Phi) is 7.72. The summed E-state index contributed by atoms with van der Waals surface area (Å²) in [5.74, 6) is -3.30. The zero-order valence-corrected chi connectivity index (χ0v) is 19.0. The maximum Gasteiger partial charge on any atom is 0.229 e. The Balaban J connectivity index is 1.77. The Labute approximate surface area is 208 Å². The van der Waals surface area contributed by atoms with Gasteiger partial charge in [-0.1, -0.05) is 0 Å². The molecule has 0 radical (unpaired) electrons. The highest BCUT2D eigenvalue weighted by molar-refractivity contribution is 6.13. The molecule has 2 heterocycles. The molecule has 2 aromatic rings. The van der Waals surface area contributed by atoms with Crippen LogP contribution in [0.5, 0.6) is 28.7 Å². The van der Waals surface area contributed by atoms with Gasteiger partial charge in [-0.3, -0.25) is 4.79 Å². The number of carbonyl (C=O) groups is 1. The molecule has 4 rings (SSSR count). The van der Waals surface area contributed by atoms with Gasteiger partial charge in [0.15, 0.2) is 0 Å². The van der Waals surface area contributed by atoms with Crippen molar-refractivity contribution in [3.8, 4) is 28.7 Å². The smallest absolute Gasteiger partial charge is 0.229 e. The lowest BCUT2D eigenvalue weighted by Gasteiger charge is -2.35. The van der Waals surface area contributed by atoms with Crippen LogP contribution in [-0.2, 0) is 9.47 Å². The Hall–Kier alpha value is -3.21. The molecule has 2 aliphatic rings. The molecule has 9 N–H and O–H groups in total. The molecular weight excluding hydrogens is 500 g/mol. The van der Waals surface area contributed by atoms with Gasteiger partial charge >= 0.3 is 0 Å². The summed E-state index contributed by atoms with van der Waals surface area (Å²) in [5, 5.41) is 89.5. The average Bonchev–Trinajstić information content (AvgIpc) is 3.11. The van der Waals surface area contributed by atoms with E-state index in [0.29, 0.717) is 0 Å². The average molecular weight is 526 g/mol. The van der Waals surface area contributed by atoms with Crippen LogP contribution >= 0.6 is 0 Å². The van der Waals surface area contributed by atoms with E-state index in [1.807, 2.05) is 0 Å². The zero-order chi connectivity index (χ0) is 27.0. The zero-order valence-electron chi connectivity index (χ0n) is 19.0. The van der Waals surface area contributed by atoms with Crippen molar-refractivity contribution >= 4 is 5.78 Å². The molecule has 2 aliphatic heterocycles. The van der Waals surface area contributed by atoms with Crippen LogP contribution < -0.4 is 9.47 Å². The van der Waals surface area contributed by atoms with Gasteiger partial charge in [0.05, 0.1) is 13.2 Å². The number of benzene rings is 2. The van der Waals surface area contributed by atoms with Gasteiger partial charge in [0.1, 0.15) is 70.9 Å². The van der Waals surface area contributed by atoms with Gasteiger partial charge in [-0.05, 0) is 12.1 Å². The van der Waals surface area contributed by atoms with Crippen LogP contribution in [0.4, 0.5) is 0 Å². The number of phenolic OH excluding ortho intramolecular Hbond substituents is 3. The molecule has 14 nitrogen and oxygen atoms in total. The van der Waals surface area contributed by atoms with Gasteiger partial charge < -0.3 is 64.9 Å². The van der Waals surface area contributed by atoms with Gasteiger partial charge in [0, 0.05) is 23.8 Å². The maximum atomic E-state index is 13.5. The molecule has 37 heavy (non-hydrogen) atoms. The number of aliphatic hydroxyl groups is 6. The molecule has 0 spiro atoms. The minimum atomic E-state index is -1.77. The number of ether oxygens (including phenoxy) is 4. The van der Waals surface area contributed by atoms with Crippen LogP contribution in [0.2, 0.25) is 0 Å². The quantitative estimate of drug-likeness (QED) is 0.172. The molecule has 0 unspecified atom stereocenters. The maximum absolute atomic E-state index is 13.5. The van der Waals surface area contributed by atoms with E-state index in [0.717, 1.165) is 30.3 Å². The monoisotopic (exact) mass is 526 g/mol. The third kappa shape index (κ3) is 5.41. The van der Waals surface area contributed by atoms with Crippen LogP contribution in [-0.4, -0.2) is 114 Å². The fourth-order valence-electron chi connectivity index (χ4n) is 3.95. The summed E-state index contributed by atoms with van der Waals surface area (Å²) in [6.07, 6.45) is -12.5. The van der Waals surface area contributed by atoms with E-state index >= 15 is 0 Å². The number of phenols is 3. The molecule has 2 aromatic carbocycles. The van der Waals surface area contributed by atoms with E-state index in [-0.39, 0.29) is 5.56 Å². The number of rotatable bonds is 7. The van der Waals surface area contributed by atoms with E-state index in [1.54, 1.807) is 0 Å². The van der Waals surface area contributed by atoms with Crippen LogP contribution in [0.3, 0.4) is 0 Å². The Morgan fingerprint density at radius 3 is 1.89 bits per heavy atom. The van der Waals surface area contributed by atoms with E-state index < -0.39 is 103 Å². The molecule has 2 saturated heterocycles. The van der Waals surface area contributed by atoms with Crippen molar-refractivity contribution in [3.05, 3.63) is 41.5 Å². The summed E-state index contributed by atoms with van der Waals surface area (Å²) in [5.41, 5.74) is -0.725. The highest BCUT2D eigenvalue weighted by Crippen LogP contribution is 2.39. The second-order valence-electron chi connectivity index (χ2n) is 8.58. The third-order valence-electron chi connectivity index (χ3n) is 5.88. The predicted molar refractivity (Wildman–Crippen MR) is 118 cm³/mol.